The van der Waals surface area contributed by atoms with Crippen LogP contribution in [0.1, 0.15) is 44.4 Å². The van der Waals surface area contributed by atoms with Gasteiger partial charge < -0.3 is 10.6 Å². The van der Waals surface area contributed by atoms with Crippen molar-refractivity contribution in [3.05, 3.63) is 11.1 Å². The Bertz CT molecular complexity index is 414. The summed E-state index contributed by atoms with van der Waals surface area (Å²) < 4.78 is 0. The van der Waals surface area contributed by atoms with Crippen LogP contribution in [0.5, 0.6) is 0 Å². The van der Waals surface area contributed by atoms with Crippen molar-refractivity contribution in [2.45, 2.75) is 51.6 Å². The van der Waals surface area contributed by atoms with Gasteiger partial charge in [0.15, 0.2) is 5.13 Å². The molecule has 21 heavy (non-hydrogen) atoms. The fourth-order valence-corrected chi connectivity index (χ4v) is 3.54. The summed E-state index contributed by atoms with van der Waals surface area (Å²) in [5.74, 6) is 0. The lowest BCUT2D eigenvalue weighted by Gasteiger charge is -2.39. The van der Waals surface area contributed by atoms with E-state index in [0.717, 1.165) is 13.1 Å². The second-order valence-electron chi connectivity index (χ2n) is 6.52. The number of hydrogen-bond donors (Lipinski definition) is 1. The molecule has 1 fully saturated rings. The zero-order chi connectivity index (χ0) is 14.6. The molecule has 122 valence electrons. The van der Waals surface area contributed by atoms with E-state index in [2.05, 4.69) is 35.7 Å². The highest BCUT2D eigenvalue weighted by Gasteiger charge is 2.27. The van der Waals surface area contributed by atoms with E-state index in [0.29, 0.717) is 5.13 Å². The Morgan fingerprint density at radius 2 is 1.90 bits per heavy atom. The van der Waals surface area contributed by atoms with Gasteiger partial charge in [-0.1, -0.05) is 12.8 Å². The molecule has 1 aliphatic heterocycles. The van der Waals surface area contributed by atoms with Crippen molar-refractivity contribution < 1.29 is 0 Å². The average Bonchev–Trinajstić information content (AvgIpc) is 2.63. The van der Waals surface area contributed by atoms with Crippen LogP contribution in [0.25, 0.3) is 0 Å². The molecule has 4 nitrogen and oxygen atoms in total. The molecule has 0 atom stereocenters. The second-order valence-corrected chi connectivity index (χ2v) is 7.67. The third kappa shape index (κ3) is 5.74. The van der Waals surface area contributed by atoms with E-state index in [1.54, 1.807) is 11.3 Å². The highest BCUT2D eigenvalue weighted by Crippen LogP contribution is 2.22. The van der Waals surface area contributed by atoms with Gasteiger partial charge in [-0.25, -0.2) is 4.98 Å². The van der Waals surface area contributed by atoms with Crippen molar-refractivity contribution in [2.75, 3.05) is 32.4 Å². The highest BCUT2D eigenvalue weighted by molar-refractivity contribution is 7.15. The number of anilines is 1. The maximum atomic E-state index is 5.71. The number of likely N-dealkylation sites (N-methyl/N-ethyl adjacent to an activating group) is 1. The maximum absolute atomic E-state index is 5.71. The van der Waals surface area contributed by atoms with E-state index >= 15 is 0 Å². The summed E-state index contributed by atoms with van der Waals surface area (Å²) >= 11 is 1.59. The predicted molar refractivity (Wildman–Crippen MR) is 94.2 cm³/mol. The number of thiazole rings is 1. The van der Waals surface area contributed by atoms with Gasteiger partial charge in [0.2, 0.25) is 0 Å². The molecule has 0 aromatic carbocycles. The Kier molecular flexibility index (Phi) is 7.40. The Morgan fingerprint density at radius 1 is 1.29 bits per heavy atom. The van der Waals surface area contributed by atoms with Crippen LogP contribution in [0.2, 0.25) is 0 Å². The number of nitrogens with zero attached hydrogens (tertiary/aromatic N) is 3. The Balaban J connectivity index is 0.00000220. The Hall–Kier alpha value is -0.360. The first kappa shape index (κ1) is 18.7. The lowest BCUT2D eigenvalue weighted by Crippen LogP contribution is -2.49. The Labute approximate surface area is 139 Å². The molecule has 2 N–H and O–H groups in total. The normalized spacial score (nSPS) is 17.5. The smallest absolute Gasteiger partial charge is 0.180 e. The molecule has 0 amide bonds. The first-order valence-electron chi connectivity index (χ1n) is 7.61. The summed E-state index contributed by atoms with van der Waals surface area (Å²) in [6.07, 6.45) is 7.40. The predicted octanol–water partition coefficient (Wildman–Crippen LogP) is 3.23. The number of likely N-dealkylation sites (tertiary alicyclic amines) is 1. The van der Waals surface area contributed by atoms with Gasteiger partial charge in [0.1, 0.15) is 0 Å². The minimum Gasteiger partial charge on any atom is -0.375 e. The third-order valence-electron chi connectivity index (χ3n) is 4.31. The monoisotopic (exact) mass is 332 g/mol. The van der Waals surface area contributed by atoms with Crippen LogP contribution >= 0.6 is 23.7 Å². The SMILES string of the molecule is CN(Cc1cnc(N)s1)C(C)(C)CN1CCCCCC1.Cl. The van der Waals surface area contributed by atoms with E-state index in [4.69, 9.17) is 5.73 Å². The van der Waals surface area contributed by atoms with Crippen molar-refractivity contribution in [3.8, 4) is 0 Å². The number of halogens is 1. The van der Waals surface area contributed by atoms with E-state index in [1.807, 2.05) is 6.20 Å². The van der Waals surface area contributed by atoms with Crippen LogP contribution in [0.15, 0.2) is 6.20 Å². The molecule has 1 saturated heterocycles. The largest absolute Gasteiger partial charge is 0.375 e. The van der Waals surface area contributed by atoms with Gasteiger partial charge in [0.05, 0.1) is 0 Å². The van der Waals surface area contributed by atoms with Crippen molar-refractivity contribution in [2.24, 2.45) is 0 Å². The van der Waals surface area contributed by atoms with Crippen LogP contribution in [-0.2, 0) is 6.54 Å². The maximum Gasteiger partial charge on any atom is 0.180 e. The molecule has 2 rings (SSSR count). The van der Waals surface area contributed by atoms with E-state index in [-0.39, 0.29) is 17.9 Å². The van der Waals surface area contributed by atoms with Gasteiger partial charge >= 0.3 is 0 Å². The number of nitrogen functional groups attached to an aromatic ring is 1. The summed E-state index contributed by atoms with van der Waals surface area (Å²) in [6, 6.07) is 0. The molecule has 1 aliphatic rings. The lowest BCUT2D eigenvalue weighted by molar-refractivity contribution is 0.0932. The Morgan fingerprint density at radius 3 is 2.43 bits per heavy atom. The highest BCUT2D eigenvalue weighted by atomic mass is 35.5. The molecule has 6 heteroatoms. The molecular formula is C15H29ClN4S. The van der Waals surface area contributed by atoms with Crippen molar-refractivity contribution in [1.29, 1.82) is 0 Å². The van der Waals surface area contributed by atoms with E-state index < -0.39 is 0 Å². The molecule has 1 aromatic rings. The third-order valence-corrected chi connectivity index (χ3v) is 5.12. The minimum atomic E-state index is 0. The minimum absolute atomic E-state index is 0. The average molecular weight is 333 g/mol. The standard InChI is InChI=1S/C15H28N4S.ClH/c1-15(2,12-19-8-6-4-5-7-9-19)18(3)11-13-10-17-14(16)20-13;/h10H,4-9,11-12H2,1-3H3,(H2,16,17);1H. The van der Waals surface area contributed by atoms with Crippen molar-refractivity contribution in [3.63, 3.8) is 0 Å². The summed E-state index contributed by atoms with van der Waals surface area (Å²) in [7, 11) is 2.20. The van der Waals surface area contributed by atoms with Gasteiger partial charge in [0, 0.05) is 29.7 Å². The first-order valence-corrected chi connectivity index (χ1v) is 8.43. The van der Waals surface area contributed by atoms with Gasteiger partial charge in [-0.05, 0) is 46.8 Å². The molecular weight excluding hydrogens is 304 g/mol. The summed E-state index contributed by atoms with van der Waals surface area (Å²) in [5.41, 5.74) is 5.88. The lowest BCUT2D eigenvalue weighted by atomic mass is 10.0. The van der Waals surface area contributed by atoms with Gasteiger partial charge in [-0.2, -0.15) is 0 Å². The molecule has 1 aromatic heterocycles. The van der Waals surface area contributed by atoms with Crippen LogP contribution in [0.4, 0.5) is 5.13 Å². The van der Waals surface area contributed by atoms with Crippen LogP contribution in [0.3, 0.4) is 0 Å². The summed E-state index contributed by atoms with van der Waals surface area (Å²) in [4.78, 5) is 10.4. The fraction of sp³-hybridized carbons (Fsp3) is 0.800. The molecule has 0 bridgehead atoms. The van der Waals surface area contributed by atoms with Crippen molar-refractivity contribution >= 4 is 28.9 Å². The zero-order valence-corrected chi connectivity index (χ0v) is 15.1. The van der Waals surface area contributed by atoms with Crippen LogP contribution in [-0.4, -0.2) is 47.0 Å². The second kappa shape index (κ2) is 8.32. The molecule has 0 saturated carbocycles. The first-order chi connectivity index (χ1) is 9.47. The number of rotatable bonds is 5. The molecule has 0 spiro atoms. The van der Waals surface area contributed by atoms with Crippen LogP contribution < -0.4 is 5.73 Å². The number of nitrogens with two attached hydrogens (primary N) is 1. The van der Waals surface area contributed by atoms with E-state index in [9.17, 15) is 0 Å². The van der Waals surface area contributed by atoms with Gasteiger partial charge in [-0.15, -0.1) is 23.7 Å². The molecule has 0 unspecified atom stereocenters. The van der Waals surface area contributed by atoms with Crippen LogP contribution in [0, 0.1) is 0 Å². The molecule has 2 heterocycles. The van der Waals surface area contributed by atoms with Gasteiger partial charge in [0.25, 0.3) is 0 Å². The quantitative estimate of drug-likeness (QED) is 0.899. The fourth-order valence-electron chi connectivity index (χ4n) is 2.81. The molecule has 0 radical (unpaired) electrons. The van der Waals surface area contributed by atoms with Gasteiger partial charge in [-0.3, -0.25) is 4.90 Å². The molecule has 0 aliphatic carbocycles. The van der Waals surface area contributed by atoms with E-state index in [1.165, 1.54) is 43.6 Å². The summed E-state index contributed by atoms with van der Waals surface area (Å²) in [6.45, 7) is 9.24. The summed E-state index contributed by atoms with van der Waals surface area (Å²) in [5, 5.41) is 0.665. The zero-order valence-electron chi connectivity index (χ0n) is 13.5. The topological polar surface area (TPSA) is 45.4 Å². The van der Waals surface area contributed by atoms with Crippen molar-refractivity contribution in [1.82, 2.24) is 14.8 Å². The number of aromatic nitrogens is 1. The number of hydrogen-bond acceptors (Lipinski definition) is 5.